The summed E-state index contributed by atoms with van der Waals surface area (Å²) in [4.78, 5) is 14.6. The highest BCUT2D eigenvalue weighted by Crippen LogP contribution is 2.15. The number of carbonyl (C=O) groups is 1. The van der Waals surface area contributed by atoms with Crippen molar-refractivity contribution in [3.63, 3.8) is 0 Å². The van der Waals surface area contributed by atoms with Crippen molar-refractivity contribution < 1.29 is 4.79 Å². The second-order valence-corrected chi connectivity index (χ2v) is 6.26. The van der Waals surface area contributed by atoms with Crippen molar-refractivity contribution in [2.24, 2.45) is 0 Å². The second kappa shape index (κ2) is 7.60. The van der Waals surface area contributed by atoms with Crippen LogP contribution < -0.4 is 5.32 Å². The van der Waals surface area contributed by atoms with Gasteiger partial charge in [0.05, 0.1) is 6.04 Å². The van der Waals surface area contributed by atoms with Crippen LogP contribution in [0.4, 0.5) is 0 Å². The summed E-state index contributed by atoms with van der Waals surface area (Å²) in [7, 11) is 0. The summed E-state index contributed by atoms with van der Waals surface area (Å²) >= 11 is 0. The maximum atomic E-state index is 12.5. The molecule has 3 nitrogen and oxygen atoms in total. The molecule has 1 aromatic rings. The van der Waals surface area contributed by atoms with Crippen LogP contribution in [0, 0.1) is 6.92 Å². The molecule has 1 aliphatic rings. The average Bonchev–Trinajstić information content (AvgIpc) is 2.76. The number of nitrogens with zero attached hydrogens (tertiary/aromatic N) is 1. The SMILES string of the molecule is Cc1ccc(C(C)NC(C)C(=O)N2CCCCCC2)cc1. The standard InChI is InChI=1S/C18H28N2O/c1-14-8-10-17(11-9-14)15(2)19-16(3)18(21)20-12-6-4-5-7-13-20/h8-11,15-16,19H,4-7,12-13H2,1-3H3. The Morgan fingerprint density at radius 2 is 1.62 bits per heavy atom. The van der Waals surface area contributed by atoms with E-state index in [0.717, 1.165) is 25.9 Å². The van der Waals surface area contributed by atoms with E-state index in [1.807, 2.05) is 11.8 Å². The van der Waals surface area contributed by atoms with Gasteiger partial charge in [-0.1, -0.05) is 42.7 Å². The number of nitrogens with one attached hydrogen (secondary N) is 1. The molecule has 1 aromatic carbocycles. The van der Waals surface area contributed by atoms with E-state index in [0.29, 0.717) is 0 Å². The maximum Gasteiger partial charge on any atom is 0.239 e. The monoisotopic (exact) mass is 288 g/mol. The predicted molar refractivity (Wildman–Crippen MR) is 87.2 cm³/mol. The van der Waals surface area contributed by atoms with E-state index >= 15 is 0 Å². The number of carbonyl (C=O) groups excluding carboxylic acids is 1. The zero-order valence-corrected chi connectivity index (χ0v) is 13.6. The van der Waals surface area contributed by atoms with E-state index in [1.165, 1.54) is 24.0 Å². The number of benzene rings is 1. The number of hydrogen-bond donors (Lipinski definition) is 1. The summed E-state index contributed by atoms with van der Waals surface area (Å²) in [6.45, 7) is 8.04. The molecule has 2 rings (SSSR count). The van der Waals surface area contributed by atoms with Crippen molar-refractivity contribution in [3.8, 4) is 0 Å². The smallest absolute Gasteiger partial charge is 0.239 e. The molecule has 1 fully saturated rings. The fourth-order valence-electron chi connectivity index (χ4n) is 2.96. The molecule has 1 heterocycles. The maximum absolute atomic E-state index is 12.5. The average molecular weight is 288 g/mol. The van der Waals surface area contributed by atoms with E-state index in [2.05, 4.69) is 43.4 Å². The van der Waals surface area contributed by atoms with E-state index in [1.54, 1.807) is 0 Å². The summed E-state index contributed by atoms with van der Waals surface area (Å²) < 4.78 is 0. The third-order valence-corrected chi connectivity index (χ3v) is 4.37. The van der Waals surface area contributed by atoms with Crippen molar-refractivity contribution in [2.45, 2.75) is 58.5 Å². The fourth-order valence-corrected chi connectivity index (χ4v) is 2.96. The zero-order chi connectivity index (χ0) is 15.2. The lowest BCUT2D eigenvalue weighted by Gasteiger charge is -2.27. The summed E-state index contributed by atoms with van der Waals surface area (Å²) in [5.41, 5.74) is 2.50. The molecular formula is C18H28N2O. The van der Waals surface area contributed by atoms with Crippen molar-refractivity contribution >= 4 is 5.91 Å². The molecule has 0 aromatic heterocycles. The van der Waals surface area contributed by atoms with Crippen LogP contribution in [-0.4, -0.2) is 29.9 Å². The van der Waals surface area contributed by atoms with Gasteiger partial charge in [0.2, 0.25) is 5.91 Å². The van der Waals surface area contributed by atoms with Gasteiger partial charge in [-0.2, -0.15) is 0 Å². The number of hydrogen-bond acceptors (Lipinski definition) is 2. The Labute approximate surface area is 128 Å². The molecule has 2 unspecified atom stereocenters. The highest BCUT2D eigenvalue weighted by atomic mass is 16.2. The summed E-state index contributed by atoms with van der Waals surface area (Å²) in [6, 6.07) is 8.58. The Balaban J connectivity index is 1.91. The first-order valence-corrected chi connectivity index (χ1v) is 8.19. The van der Waals surface area contributed by atoms with Crippen molar-refractivity contribution in [3.05, 3.63) is 35.4 Å². The molecule has 0 saturated carbocycles. The van der Waals surface area contributed by atoms with Gasteiger partial charge in [0, 0.05) is 19.1 Å². The minimum atomic E-state index is -0.126. The number of amides is 1. The van der Waals surface area contributed by atoms with Gasteiger partial charge >= 0.3 is 0 Å². The highest BCUT2D eigenvalue weighted by molar-refractivity contribution is 5.81. The molecule has 3 heteroatoms. The van der Waals surface area contributed by atoms with Crippen LogP contribution in [0.3, 0.4) is 0 Å². The highest BCUT2D eigenvalue weighted by Gasteiger charge is 2.22. The van der Waals surface area contributed by atoms with Crippen molar-refractivity contribution in [1.29, 1.82) is 0 Å². The molecule has 1 N–H and O–H groups in total. The van der Waals surface area contributed by atoms with Crippen LogP contribution >= 0.6 is 0 Å². The molecule has 0 bridgehead atoms. The quantitative estimate of drug-likeness (QED) is 0.920. The van der Waals surface area contributed by atoms with Gasteiger partial charge in [-0.25, -0.2) is 0 Å². The molecule has 1 saturated heterocycles. The predicted octanol–water partition coefficient (Wildman–Crippen LogP) is 3.44. The van der Waals surface area contributed by atoms with Gasteiger partial charge in [-0.05, 0) is 39.2 Å². The summed E-state index contributed by atoms with van der Waals surface area (Å²) in [6.07, 6.45) is 4.80. The van der Waals surface area contributed by atoms with Crippen molar-refractivity contribution in [1.82, 2.24) is 10.2 Å². The van der Waals surface area contributed by atoms with E-state index < -0.39 is 0 Å². The molecule has 1 amide bonds. The van der Waals surface area contributed by atoms with Crippen LogP contribution in [-0.2, 0) is 4.79 Å². The normalized spacial score (nSPS) is 18.9. The van der Waals surface area contributed by atoms with Crippen LogP contribution in [0.15, 0.2) is 24.3 Å². The Bertz CT molecular complexity index is 447. The Hall–Kier alpha value is -1.35. The largest absolute Gasteiger partial charge is 0.341 e. The van der Waals surface area contributed by atoms with Crippen LogP contribution in [0.25, 0.3) is 0 Å². The first kappa shape index (κ1) is 16.0. The third kappa shape index (κ3) is 4.57. The number of likely N-dealkylation sites (tertiary alicyclic amines) is 1. The summed E-state index contributed by atoms with van der Waals surface area (Å²) in [5, 5.41) is 3.44. The Morgan fingerprint density at radius 3 is 2.19 bits per heavy atom. The molecule has 0 radical (unpaired) electrons. The summed E-state index contributed by atoms with van der Waals surface area (Å²) in [5.74, 6) is 0.246. The Morgan fingerprint density at radius 1 is 1.05 bits per heavy atom. The molecule has 21 heavy (non-hydrogen) atoms. The van der Waals surface area contributed by atoms with Gasteiger partial charge < -0.3 is 4.90 Å². The first-order chi connectivity index (χ1) is 10.1. The van der Waals surface area contributed by atoms with E-state index in [-0.39, 0.29) is 18.0 Å². The second-order valence-electron chi connectivity index (χ2n) is 6.26. The molecule has 0 spiro atoms. The van der Waals surface area contributed by atoms with Gasteiger partial charge in [-0.15, -0.1) is 0 Å². The van der Waals surface area contributed by atoms with Gasteiger partial charge in [0.1, 0.15) is 0 Å². The van der Waals surface area contributed by atoms with E-state index in [4.69, 9.17) is 0 Å². The van der Waals surface area contributed by atoms with Crippen molar-refractivity contribution in [2.75, 3.05) is 13.1 Å². The van der Waals surface area contributed by atoms with Crippen LogP contribution in [0.5, 0.6) is 0 Å². The topological polar surface area (TPSA) is 32.3 Å². The lowest BCUT2D eigenvalue weighted by atomic mass is 10.1. The molecule has 2 atom stereocenters. The van der Waals surface area contributed by atoms with E-state index in [9.17, 15) is 4.79 Å². The van der Waals surface area contributed by atoms with Gasteiger partial charge in [0.15, 0.2) is 0 Å². The lowest BCUT2D eigenvalue weighted by molar-refractivity contribution is -0.133. The van der Waals surface area contributed by atoms with Gasteiger partial charge in [0.25, 0.3) is 0 Å². The molecule has 0 aliphatic carbocycles. The molecule has 116 valence electrons. The first-order valence-electron chi connectivity index (χ1n) is 8.19. The third-order valence-electron chi connectivity index (χ3n) is 4.37. The van der Waals surface area contributed by atoms with Gasteiger partial charge in [-0.3, -0.25) is 10.1 Å². The Kier molecular flexibility index (Phi) is 5.80. The lowest BCUT2D eigenvalue weighted by Crippen LogP contribution is -2.45. The fraction of sp³-hybridized carbons (Fsp3) is 0.611. The zero-order valence-electron chi connectivity index (χ0n) is 13.6. The molecular weight excluding hydrogens is 260 g/mol. The number of rotatable bonds is 4. The number of aryl methyl sites for hydroxylation is 1. The molecule has 1 aliphatic heterocycles. The minimum absolute atomic E-state index is 0.126. The van der Waals surface area contributed by atoms with Crippen LogP contribution in [0.2, 0.25) is 0 Å². The van der Waals surface area contributed by atoms with Crippen LogP contribution in [0.1, 0.15) is 56.7 Å². The minimum Gasteiger partial charge on any atom is -0.341 e.